The van der Waals surface area contributed by atoms with Gasteiger partial charge in [0.15, 0.2) is 5.82 Å². The molecule has 0 unspecified atom stereocenters. The summed E-state index contributed by atoms with van der Waals surface area (Å²) in [6, 6.07) is 18.8. The van der Waals surface area contributed by atoms with Gasteiger partial charge in [-0.2, -0.15) is 0 Å². The second kappa shape index (κ2) is 9.50. The van der Waals surface area contributed by atoms with Crippen molar-refractivity contribution in [1.82, 2.24) is 14.5 Å². The summed E-state index contributed by atoms with van der Waals surface area (Å²) in [5.41, 5.74) is 3.61. The van der Waals surface area contributed by atoms with E-state index in [1.165, 1.54) is 21.9 Å². The molecule has 0 bridgehead atoms. The maximum Gasteiger partial charge on any atom is 0.150 e. The summed E-state index contributed by atoms with van der Waals surface area (Å²) in [7, 11) is 0. The second-order valence-corrected chi connectivity index (χ2v) is 8.03. The van der Waals surface area contributed by atoms with Crippen molar-refractivity contribution in [2.24, 2.45) is 0 Å². The van der Waals surface area contributed by atoms with E-state index in [1.807, 2.05) is 18.3 Å². The average Bonchev–Trinajstić information content (AvgIpc) is 3.10. The molecule has 30 heavy (non-hydrogen) atoms. The van der Waals surface area contributed by atoms with Crippen LogP contribution in [0.5, 0.6) is 0 Å². The van der Waals surface area contributed by atoms with Crippen LogP contribution in [0.3, 0.4) is 0 Å². The molecular formula is C25H29ClN4. The molecule has 5 heteroatoms. The highest BCUT2D eigenvalue weighted by Crippen LogP contribution is 2.33. The van der Waals surface area contributed by atoms with Crippen LogP contribution in [0.25, 0.3) is 21.8 Å². The van der Waals surface area contributed by atoms with Crippen LogP contribution in [0, 0.1) is 0 Å². The summed E-state index contributed by atoms with van der Waals surface area (Å²) in [5.74, 6) is 0.956. The van der Waals surface area contributed by atoms with E-state index in [0.29, 0.717) is 0 Å². The Morgan fingerprint density at radius 2 is 1.73 bits per heavy atom. The van der Waals surface area contributed by atoms with E-state index in [9.17, 15) is 0 Å². The highest BCUT2D eigenvalue weighted by molar-refractivity contribution is 6.30. The van der Waals surface area contributed by atoms with Gasteiger partial charge in [-0.1, -0.05) is 55.8 Å². The third-order valence-corrected chi connectivity index (χ3v) is 6.02. The molecule has 156 valence electrons. The lowest BCUT2D eigenvalue weighted by molar-refractivity contribution is 0.303. The number of fused-ring (bicyclic) bond motifs is 3. The van der Waals surface area contributed by atoms with E-state index in [2.05, 4.69) is 71.1 Å². The molecule has 0 aliphatic rings. The molecule has 0 spiro atoms. The Bertz CT molecular complexity index is 1110. The molecule has 4 aromatic rings. The van der Waals surface area contributed by atoms with E-state index in [0.717, 1.165) is 55.5 Å². The van der Waals surface area contributed by atoms with Gasteiger partial charge in [-0.15, -0.1) is 0 Å². The van der Waals surface area contributed by atoms with Crippen molar-refractivity contribution in [3.8, 4) is 0 Å². The first kappa shape index (κ1) is 20.7. The van der Waals surface area contributed by atoms with Crippen LogP contribution in [0.1, 0.15) is 25.8 Å². The molecule has 2 aromatic carbocycles. The van der Waals surface area contributed by atoms with Crippen molar-refractivity contribution < 1.29 is 0 Å². The highest BCUT2D eigenvalue weighted by Gasteiger charge is 2.15. The first-order valence-electron chi connectivity index (χ1n) is 10.8. The molecule has 0 atom stereocenters. The van der Waals surface area contributed by atoms with Gasteiger partial charge in [0.05, 0.1) is 5.52 Å². The lowest BCUT2D eigenvalue weighted by Crippen LogP contribution is -2.25. The van der Waals surface area contributed by atoms with Crippen LogP contribution in [-0.2, 0) is 6.54 Å². The SMILES string of the molecule is CCN(CC)CCCNc1nccc2c3ccccc3n(Cc3ccc(Cl)cc3)c12. The second-order valence-electron chi connectivity index (χ2n) is 7.59. The largest absolute Gasteiger partial charge is 0.368 e. The predicted molar refractivity (Wildman–Crippen MR) is 129 cm³/mol. The summed E-state index contributed by atoms with van der Waals surface area (Å²) in [6.45, 7) is 9.41. The number of hydrogen-bond donors (Lipinski definition) is 1. The van der Waals surface area contributed by atoms with Gasteiger partial charge < -0.3 is 14.8 Å². The molecule has 0 saturated carbocycles. The van der Waals surface area contributed by atoms with Gasteiger partial charge >= 0.3 is 0 Å². The number of hydrogen-bond acceptors (Lipinski definition) is 3. The number of rotatable bonds is 9. The minimum atomic E-state index is 0.762. The third-order valence-electron chi connectivity index (χ3n) is 5.77. The van der Waals surface area contributed by atoms with E-state index in [4.69, 9.17) is 16.6 Å². The Labute approximate surface area is 183 Å². The van der Waals surface area contributed by atoms with Crippen molar-refractivity contribution in [3.05, 3.63) is 71.4 Å². The van der Waals surface area contributed by atoms with Crippen LogP contribution in [0.15, 0.2) is 60.8 Å². The number of anilines is 1. The zero-order valence-electron chi connectivity index (χ0n) is 17.7. The van der Waals surface area contributed by atoms with Crippen LogP contribution in [-0.4, -0.2) is 40.6 Å². The van der Waals surface area contributed by atoms with Gasteiger partial charge in [0, 0.05) is 40.6 Å². The Kier molecular flexibility index (Phi) is 6.56. The van der Waals surface area contributed by atoms with E-state index in [1.54, 1.807) is 0 Å². The molecule has 0 aliphatic carbocycles. The minimum absolute atomic E-state index is 0.762. The van der Waals surface area contributed by atoms with Gasteiger partial charge in [0.2, 0.25) is 0 Å². The monoisotopic (exact) mass is 420 g/mol. The first-order valence-corrected chi connectivity index (χ1v) is 11.2. The molecule has 1 N–H and O–H groups in total. The number of benzene rings is 2. The van der Waals surface area contributed by atoms with Crippen LogP contribution >= 0.6 is 11.6 Å². The molecule has 2 aromatic heterocycles. The maximum absolute atomic E-state index is 6.09. The van der Waals surface area contributed by atoms with Gasteiger partial charge in [-0.3, -0.25) is 0 Å². The fraction of sp³-hybridized carbons (Fsp3) is 0.320. The zero-order chi connectivity index (χ0) is 20.9. The van der Waals surface area contributed by atoms with Gasteiger partial charge in [-0.25, -0.2) is 4.98 Å². The van der Waals surface area contributed by atoms with Gasteiger partial charge in [0.25, 0.3) is 0 Å². The number of nitrogens with zero attached hydrogens (tertiary/aromatic N) is 3. The van der Waals surface area contributed by atoms with E-state index >= 15 is 0 Å². The smallest absolute Gasteiger partial charge is 0.150 e. The fourth-order valence-electron chi connectivity index (χ4n) is 4.12. The maximum atomic E-state index is 6.09. The summed E-state index contributed by atoms with van der Waals surface area (Å²) < 4.78 is 2.37. The Balaban J connectivity index is 1.68. The third kappa shape index (κ3) is 4.30. The van der Waals surface area contributed by atoms with Crippen LogP contribution in [0.2, 0.25) is 5.02 Å². The van der Waals surface area contributed by atoms with Crippen molar-refractivity contribution in [3.63, 3.8) is 0 Å². The fourth-order valence-corrected chi connectivity index (χ4v) is 4.24. The topological polar surface area (TPSA) is 33.1 Å². The van der Waals surface area contributed by atoms with Crippen LogP contribution < -0.4 is 5.32 Å². The lowest BCUT2D eigenvalue weighted by atomic mass is 10.2. The number of aromatic nitrogens is 2. The number of pyridine rings is 1. The number of nitrogens with one attached hydrogen (secondary N) is 1. The van der Waals surface area contributed by atoms with Crippen LogP contribution in [0.4, 0.5) is 5.82 Å². The molecule has 0 amide bonds. The summed E-state index contributed by atoms with van der Waals surface area (Å²) in [4.78, 5) is 7.16. The summed E-state index contributed by atoms with van der Waals surface area (Å²) >= 11 is 6.09. The van der Waals surface area contributed by atoms with Gasteiger partial charge in [0.1, 0.15) is 0 Å². The molecule has 0 saturated heterocycles. The molecule has 0 radical (unpaired) electrons. The Morgan fingerprint density at radius 3 is 2.50 bits per heavy atom. The minimum Gasteiger partial charge on any atom is -0.368 e. The average molecular weight is 421 g/mol. The standard InChI is InChI=1S/C25H29ClN4/c1-3-29(4-2)17-7-15-27-25-24-22(14-16-28-25)21-8-5-6-9-23(21)30(24)18-19-10-12-20(26)13-11-19/h5-6,8-14,16H,3-4,7,15,17-18H2,1-2H3,(H,27,28). The molecule has 4 nitrogen and oxygen atoms in total. The number of para-hydroxylation sites is 1. The molecule has 0 fully saturated rings. The highest BCUT2D eigenvalue weighted by atomic mass is 35.5. The van der Waals surface area contributed by atoms with E-state index in [-0.39, 0.29) is 0 Å². The Morgan fingerprint density at radius 1 is 0.967 bits per heavy atom. The molecule has 2 heterocycles. The van der Waals surface area contributed by atoms with Crippen molar-refractivity contribution in [1.29, 1.82) is 0 Å². The first-order chi connectivity index (χ1) is 14.7. The van der Waals surface area contributed by atoms with Crippen molar-refractivity contribution >= 4 is 39.2 Å². The normalized spacial score (nSPS) is 11.6. The Hall–Kier alpha value is -2.56. The lowest BCUT2D eigenvalue weighted by Gasteiger charge is -2.18. The van der Waals surface area contributed by atoms with Gasteiger partial charge in [-0.05, 0) is 55.9 Å². The quantitative estimate of drug-likeness (QED) is 0.335. The molecular weight excluding hydrogens is 392 g/mol. The molecule has 4 rings (SSSR count). The number of halogens is 1. The van der Waals surface area contributed by atoms with E-state index < -0.39 is 0 Å². The summed E-state index contributed by atoms with van der Waals surface area (Å²) in [5, 5.41) is 6.87. The predicted octanol–water partition coefficient (Wildman–Crippen LogP) is 6.04. The van der Waals surface area contributed by atoms with Crippen molar-refractivity contribution in [2.45, 2.75) is 26.8 Å². The zero-order valence-corrected chi connectivity index (χ0v) is 18.5. The molecule has 0 aliphatic heterocycles. The van der Waals surface area contributed by atoms with Crippen molar-refractivity contribution in [2.75, 3.05) is 31.5 Å². The summed E-state index contributed by atoms with van der Waals surface area (Å²) in [6.07, 6.45) is 3.01.